The number of rotatable bonds is 6. The highest BCUT2D eigenvalue weighted by Crippen LogP contribution is 2.33. The summed E-state index contributed by atoms with van der Waals surface area (Å²) in [7, 11) is 1.50. The number of aliphatic hydroxyl groups is 1. The van der Waals surface area contributed by atoms with E-state index in [1.54, 1.807) is 0 Å². The Labute approximate surface area is 221 Å². The minimum Gasteiger partial charge on any atom is -0.486 e. The molecule has 0 aliphatic carbocycles. The molecule has 3 heterocycles. The Morgan fingerprint density at radius 3 is 2.34 bits per heavy atom. The van der Waals surface area contributed by atoms with Crippen LogP contribution in [0.2, 0.25) is 0 Å². The Bertz CT molecular complexity index is 1130. The van der Waals surface area contributed by atoms with E-state index in [4.69, 9.17) is 13.9 Å². The molecular formula is C28H37F3N2O5. The molecule has 0 unspecified atom stereocenters. The van der Waals surface area contributed by atoms with Gasteiger partial charge in [-0.15, -0.1) is 0 Å². The maximum absolute atomic E-state index is 12.9. The van der Waals surface area contributed by atoms with E-state index < -0.39 is 29.9 Å². The van der Waals surface area contributed by atoms with Crippen LogP contribution >= 0.6 is 0 Å². The SMILES string of the molecule is CC.CN.O=CC(F)(F)c1cc2cc(F)ccc2o1.O[C@@H](CCN1CCCC1)c1ccc2c(c1)OCCO2. The predicted octanol–water partition coefficient (Wildman–Crippen LogP) is 5.44. The molecular weight excluding hydrogens is 501 g/mol. The molecule has 10 heteroatoms. The van der Waals surface area contributed by atoms with E-state index in [-0.39, 0.29) is 11.0 Å². The number of nitrogens with two attached hydrogens (primary N) is 1. The zero-order valence-corrected chi connectivity index (χ0v) is 22.1. The molecule has 5 rings (SSSR count). The molecule has 3 N–H and O–H groups in total. The first-order valence-electron chi connectivity index (χ1n) is 12.8. The van der Waals surface area contributed by atoms with Crippen LogP contribution in [0, 0.1) is 5.82 Å². The van der Waals surface area contributed by atoms with Crippen LogP contribution in [-0.2, 0) is 10.7 Å². The average molecular weight is 539 g/mol. The minimum atomic E-state index is -3.67. The normalized spacial score (nSPS) is 15.3. The van der Waals surface area contributed by atoms with Crippen LogP contribution in [0.1, 0.15) is 50.5 Å². The Kier molecular flexibility index (Phi) is 12.6. The van der Waals surface area contributed by atoms with Crippen molar-refractivity contribution in [3.05, 3.63) is 59.6 Å². The van der Waals surface area contributed by atoms with Crippen LogP contribution in [0.25, 0.3) is 11.0 Å². The van der Waals surface area contributed by atoms with E-state index >= 15 is 0 Å². The van der Waals surface area contributed by atoms with Crippen molar-refractivity contribution >= 4 is 17.3 Å². The summed E-state index contributed by atoms with van der Waals surface area (Å²) in [5.41, 5.74) is 5.54. The lowest BCUT2D eigenvalue weighted by atomic mass is 10.1. The lowest BCUT2D eigenvalue weighted by Gasteiger charge is -2.21. The third kappa shape index (κ3) is 8.47. The number of ether oxygens (including phenoxy) is 2. The van der Waals surface area contributed by atoms with Gasteiger partial charge in [-0.3, -0.25) is 4.79 Å². The number of hydrogen-bond acceptors (Lipinski definition) is 7. The van der Waals surface area contributed by atoms with Gasteiger partial charge < -0.3 is 29.6 Å². The van der Waals surface area contributed by atoms with Crippen molar-refractivity contribution in [2.24, 2.45) is 5.73 Å². The molecule has 0 amide bonds. The molecule has 1 atom stereocenters. The van der Waals surface area contributed by atoms with Gasteiger partial charge in [0.25, 0.3) is 0 Å². The molecule has 0 bridgehead atoms. The van der Waals surface area contributed by atoms with Gasteiger partial charge in [-0.25, -0.2) is 4.39 Å². The van der Waals surface area contributed by atoms with Gasteiger partial charge in [-0.05, 0) is 81.4 Å². The standard InChI is InChI=1S/C15H21NO3.C10H5F3O2.C2H6.CH5N/c17-13(5-8-16-6-1-2-7-16)12-3-4-14-15(11-12)19-10-9-18-14;11-7-1-2-8-6(3-7)4-9(15-8)10(12,13)5-14;2*1-2/h3-4,11,13,17H,1-2,5-10H2;1-5H;1-2H3;2H2,1H3/t13-;;;/m0.../s1. The predicted molar refractivity (Wildman–Crippen MR) is 140 cm³/mol. The van der Waals surface area contributed by atoms with Crippen LogP contribution < -0.4 is 15.2 Å². The summed E-state index contributed by atoms with van der Waals surface area (Å²) in [6.45, 7) is 8.50. The van der Waals surface area contributed by atoms with Gasteiger partial charge in [0.15, 0.2) is 23.5 Å². The fourth-order valence-corrected chi connectivity index (χ4v) is 3.98. The number of nitrogens with zero attached hydrogens (tertiary/aromatic N) is 1. The number of furan rings is 1. The number of halogens is 3. The topological polar surface area (TPSA) is 98.2 Å². The zero-order chi connectivity index (χ0) is 28.1. The largest absolute Gasteiger partial charge is 0.486 e. The molecule has 2 aliphatic rings. The zero-order valence-electron chi connectivity index (χ0n) is 22.1. The maximum Gasteiger partial charge on any atom is 0.358 e. The van der Waals surface area contributed by atoms with E-state index in [0.29, 0.717) is 13.2 Å². The number of benzene rings is 2. The minimum absolute atomic E-state index is 0.118. The third-order valence-corrected chi connectivity index (χ3v) is 5.82. The Balaban J connectivity index is 0.000000241. The van der Waals surface area contributed by atoms with Crippen LogP contribution in [0.3, 0.4) is 0 Å². The number of alkyl halides is 2. The lowest BCUT2D eigenvalue weighted by molar-refractivity contribution is -0.132. The second kappa shape index (κ2) is 15.4. The van der Waals surface area contributed by atoms with Crippen LogP contribution in [0.5, 0.6) is 11.5 Å². The van der Waals surface area contributed by atoms with Gasteiger partial charge in [0.05, 0.1) is 6.10 Å². The van der Waals surface area contributed by atoms with E-state index in [2.05, 4.69) is 10.6 Å². The number of fused-ring (bicyclic) bond motifs is 2. The Morgan fingerprint density at radius 1 is 1.03 bits per heavy atom. The molecule has 1 aromatic heterocycles. The summed E-state index contributed by atoms with van der Waals surface area (Å²) in [5, 5.41) is 10.5. The van der Waals surface area contributed by atoms with E-state index in [1.807, 2.05) is 32.0 Å². The van der Waals surface area contributed by atoms with Gasteiger partial charge in [-0.1, -0.05) is 19.9 Å². The fraction of sp³-hybridized carbons (Fsp3) is 0.464. The molecule has 2 aliphatic heterocycles. The summed E-state index contributed by atoms with van der Waals surface area (Å²) in [6.07, 6.45) is 2.43. The summed E-state index contributed by atoms with van der Waals surface area (Å²) in [5.74, 6) is -3.47. The number of carbonyl (C=O) groups is 1. The third-order valence-electron chi connectivity index (χ3n) is 5.82. The van der Waals surface area contributed by atoms with Gasteiger partial charge >= 0.3 is 5.92 Å². The molecule has 0 radical (unpaired) electrons. The van der Waals surface area contributed by atoms with Crippen molar-refractivity contribution in [2.45, 2.75) is 45.1 Å². The van der Waals surface area contributed by atoms with E-state index in [0.717, 1.165) is 48.2 Å². The van der Waals surface area contributed by atoms with Crippen LogP contribution in [0.4, 0.5) is 13.2 Å². The average Bonchev–Trinajstić information content (AvgIpc) is 3.64. The van der Waals surface area contributed by atoms with Crippen molar-refractivity contribution in [3.8, 4) is 11.5 Å². The van der Waals surface area contributed by atoms with Gasteiger partial charge in [0.1, 0.15) is 24.6 Å². The quantitative estimate of drug-likeness (QED) is 0.403. The molecule has 1 saturated heterocycles. The first-order valence-corrected chi connectivity index (χ1v) is 12.8. The number of aldehydes is 1. The second-order valence-electron chi connectivity index (χ2n) is 8.29. The summed E-state index contributed by atoms with van der Waals surface area (Å²) in [6, 6.07) is 10.1. The second-order valence-corrected chi connectivity index (χ2v) is 8.29. The van der Waals surface area contributed by atoms with E-state index in [1.165, 1.54) is 39.0 Å². The Morgan fingerprint density at radius 2 is 1.68 bits per heavy atom. The Hall–Kier alpha value is -3.08. The molecule has 38 heavy (non-hydrogen) atoms. The molecule has 0 saturated carbocycles. The summed E-state index contributed by atoms with van der Waals surface area (Å²) >= 11 is 0. The molecule has 210 valence electrons. The number of aliphatic hydroxyl groups excluding tert-OH is 1. The maximum atomic E-state index is 12.9. The van der Waals surface area contributed by atoms with Crippen LogP contribution in [0.15, 0.2) is 46.9 Å². The molecule has 1 fully saturated rings. The van der Waals surface area contributed by atoms with Gasteiger partial charge in [0, 0.05) is 11.9 Å². The van der Waals surface area contributed by atoms with Crippen molar-refractivity contribution in [1.29, 1.82) is 0 Å². The van der Waals surface area contributed by atoms with Crippen molar-refractivity contribution < 1.29 is 37.0 Å². The molecule has 3 aromatic rings. The highest BCUT2D eigenvalue weighted by molar-refractivity contribution is 5.79. The van der Waals surface area contributed by atoms with Crippen molar-refractivity contribution in [3.63, 3.8) is 0 Å². The monoisotopic (exact) mass is 538 g/mol. The van der Waals surface area contributed by atoms with Gasteiger partial charge in [0.2, 0.25) is 0 Å². The number of likely N-dealkylation sites (tertiary alicyclic amines) is 1. The molecule has 2 aromatic carbocycles. The number of hydrogen-bond donors (Lipinski definition) is 2. The molecule has 7 nitrogen and oxygen atoms in total. The first kappa shape index (κ1) is 31.1. The van der Waals surface area contributed by atoms with Gasteiger partial charge in [-0.2, -0.15) is 8.78 Å². The van der Waals surface area contributed by atoms with Crippen molar-refractivity contribution in [2.75, 3.05) is 39.9 Å². The highest BCUT2D eigenvalue weighted by Gasteiger charge is 2.35. The van der Waals surface area contributed by atoms with Crippen molar-refractivity contribution in [1.82, 2.24) is 4.90 Å². The highest BCUT2D eigenvalue weighted by atomic mass is 19.3. The van der Waals surface area contributed by atoms with Crippen LogP contribution in [-0.4, -0.2) is 56.2 Å². The lowest BCUT2D eigenvalue weighted by Crippen LogP contribution is -2.22. The summed E-state index contributed by atoms with van der Waals surface area (Å²) < 4.78 is 54.2. The van der Waals surface area contributed by atoms with E-state index in [9.17, 15) is 23.1 Å². The smallest absolute Gasteiger partial charge is 0.358 e. The number of carbonyl (C=O) groups excluding carboxylic acids is 1. The first-order chi connectivity index (χ1) is 18.4. The molecule has 0 spiro atoms. The summed E-state index contributed by atoms with van der Waals surface area (Å²) in [4.78, 5) is 12.5. The fourth-order valence-electron chi connectivity index (χ4n) is 3.98.